The lowest BCUT2D eigenvalue weighted by Crippen LogP contribution is -2.35. The minimum atomic E-state index is -0.898. The molecular weight excluding hydrogens is 310 g/mol. The van der Waals surface area contributed by atoms with Crippen molar-refractivity contribution in [3.63, 3.8) is 0 Å². The molecule has 1 amide bonds. The number of carbonyl (C=O) groups excluding carboxylic acids is 2. The summed E-state index contributed by atoms with van der Waals surface area (Å²) in [7, 11) is 0. The molecule has 0 bridgehead atoms. The molecule has 7 heteroatoms. The Morgan fingerprint density at radius 2 is 2.12 bits per heavy atom. The standard InChI is InChI=1S/C17H21N3O4/c1-5-8-19-16(22)12(4)24-15(21)7-6-13-10(2)14(9-18)17(23)20-11(13)3/h5,12H,1,6-8H2,2-4H3,(H,19,22)(H,20,23)/t12-/m0/s1. The molecule has 1 atom stereocenters. The van der Waals surface area contributed by atoms with Gasteiger partial charge in [0.05, 0.1) is 0 Å². The Labute approximate surface area is 140 Å². The van der Waals surface area contributed by atoms with E-state index in [4.69, 9.17) is 10.00 Å². The van der Waals surface area contributed by atoms with Gasteiger partial charge in [-0.05, 0) is 38.3 Å². The smallest absolute Gasteiger partial charge is 0.306 e. The van der Waals surface area contributed by atoms with Gasteiger partial charge in [-0.15, -0.1) is 6.58 Å². The lowest BCUT2D eigenvalue weighted by atomic mass is 9.99. The van der Waals surface area contributed by atoms with Gasteiger partial charge in [0.1, 0.15) is 11.6 Å². The Hall–Kier alpha value is -2.88. The number of pyridine rings is 1. The SMILES string of the molecule is C=CCNC(=O)[C@H](C)OC(=O)CCc1c(C)[nH]c(=O)c(C#N)c1C. The van der Waals surface area contributed by atoms with Crippen LogP contribution in [0.5, 0.6) is 0 Å². The first kappa shape index (κ1) is 19.2. The van der Waals surface area contributed by atoms with E-state index in [1.165, 1.54) is 13.0 Å². The predicted octanol–water partition coefficient (Wildman–Crippen LogP) is 1.03. The fourth-order valence-corrected chi connectivity index (χ4v) is 2.27. The number of esters is 1. The molecular formula is C17H21N3O4. The topological polar surface area (TPSA) is 112 Å². The molecule has 1 aromatic heterocycles. The monoisotopic (exact) mass is 331 g/mol. The molecule has 24 heavy (non-hydrogen) atoms. The molecule has 0 aromatic carbocycles. The molecule has 0 aliphatic carbocycles. The molecule has 128 valence electrons. The zero-order chi connectivity index (χ0) is 18.3. The summed E-state index contributed by atoms with van der Waals surface area (Å²) >= 11 is 0. The highest BCUT2D eigenvalue weighted by Crippen LogP contribution is 2.15. The summed E-state index contributed by atoms with van der Waals surface area (Å²) in [5.41, 5.74) is 1.50. The largest absolute Gasteiger partial charge is 0.453 e. The number of nitrogens with zero attached hydrogens (tertiary/aromatic N) is 1. The molecule has 0 fully saturated rings. The van der Waals surface area contributed by atoms with Gasteiger partial charge in [-0.25, -0.2) is 0 Å². The summed E-state index contributed by atoms with van der Waals surface area (Å²) in [6, 6.07) is 1.86. The van der Waals surface area contributed by atoms with Crippen LogP contribution in [0.3, 0.4) is 0 Å². The predicted molar refractivity (Wildman–Crippen MR) is 88.3 cm³/mol. The molecule has 7 nitrogen and oxygen atoms in total. The minimum absolute atomic E-state index is 0.0394. The van der Waals surface area contributed by atoms with Crippen molar-refractivity contribution >= 4 is 11.9 Å². The van der Waals surface area contributed by atoms with E-state index in [0.29, 0.717) is 24.2 Å². The van der Waals surface area contributed by atoms with Crippen LogP contribution >= 0.6 is 0 Å². The van der Waals surface area contributed by atoms with Crippen LogP contribution in [0, 0.1) is 25.2 Å². The number of hydrogen-bond donors (Lipinski definition) is 2. The fourth-order valence-electron chi connectivity index (χ4n) is 2.27. The van der Waals surface area contributed by atoms with E-state index in [1.807, 2.05) is 6.07 Å². The average molecular weight is 331 g/mol. The normalized spacial score (nSPS) is 11.2. The van der Waals surface area contributed by atoms with E-state index in [-0.39, 0.29) is 12.0 Å². The van der Waals surface area contributed by atoms with E-state index in [1.54, 1.807) is 13.8 Å². The third kappa shape index (κ3) is 4.81. The molecule has 0 unspecified atom stereocenters. The van der Waals surface area contributed by atoms with Crippen molar-refractivity contribution in [2.45, 2.75) is 39.7 Å². The number of hydrogen-bond acceptors (Lipinski definition) is 5. The number of rotatable bonds is 7. The molecule has 0 saturated heterocycles. The first-order valence-electron chi connectivity index (χ1n) is 7.52. The van der Waals surface area contributed by atoms with Crippen molar-refractivity contribution in [3.05, 3.63) is 45.4 Å². The van der Waals surface area contributed by atoms with Crippen molar-refractivity contribution < 1.29 is 14.3 Å². The molecule has 2 N–H and O–H groups in total. The van der Waals surface area contributed by atoms with Crippen LogP contribution in [0.1, 0.15) is 35.7 Å². The summed E-state index contributed by atoms with van der Waals surface area (Å²) in [5.74, 6) is -0.925. The van der Waals surface area contributed by atoms with Crippen molar-refractivity contribution in [1.82, 2.24) is 10.3 Å². The van der Waals surface area contributed by atoms with Gasteiger partial charge in [-0.2, -0.15) is 5.26 Å². The van der Waals surface area contributed by atoms with Crippen LogP contribution in [0.25, 0.3) is 0 Å². The number of nitriles is 1. The maximum absolute atomic E-state index is 11.9. The second kappa shape index (κ2) is 8.67. The molecule has 1 heterocycles. The zero-order valence-corrected chi connectivity index (χ0v) is 14.1. The highest BCUT2D eigenvalue weighted by molar-refractivity contribution is 5.83. The second-order valence-corrected chi connectivity index (χ2v) is 5.34. The number of ether oxygens (including phenoxy) is 1. The third-order valence-electron chi connectivity index (χ3n) is 3.60. The summed E-state index contributed by atoms with van der Waals surface area (Å²) in [6.45, 7) is 8.65. The number of carbonyl (C=O) groups is 2. The molecule has 1 aromatic rings. The van der Waals surface area contributed by atoms with Crippen LogP contribution < -0.4 is 10.9 Å². The quantitative estimate of drug-likeness (QED) is 0.572. The van der Waals surface area contributed by atoms with Gasteiger partial charge in [0.2, 0.25) is 0 Å². The minimum Gasteiger partial charge on any atom is -0.453 e. The first-order chi connectivity index (χ1) is 11.3. The first-order valence-corrected chi connectivity index (χ1v) is 7.52. The van der Waals surface area contributed by atoms with Crippen LogP contribution in [0.2, 0.25) is 0 Å². The maximum Gasteiger partial charge on any atom is 0.306 e. The van der Waals surface area contributed by atoms with Crippen molar-refractivity contribution in [3.8, 4) is 6.07 Å². The second-order valence-electron chi connectivity index (χ2n) is 5.34. The van der Waals surface area contributed by atoms with E-state index in [0.717, 1.165) is 5.56 Å². The van der Waals surface area contributed by atoms with Gasteiger partial charge in [0.15, 0.2) is 6.10 Å². The van der Waals surface area contributed by atoms with E-state index in [2.05, 4.69) is 16.9 Å². The Morgan fingerprint density at radius 1 is 1.46 bits per heavy atom. The van der Waals surface area contributed by atoms with Crippen LogP contribution in [0.4, 0.5) is 0 Å². The van der Waals surface area contributed by atoms with E-state index in [9.17, 15) is 14.4 Å². The van der Waals surface area contributed by atoms with E-state index >= 15 is 0 Å². The van der Waals surface area contributed by atoms with Gasteiger partial charge >= 0.3 is 5.97 Å². The number of aryl methyl sites for hydroxylation is 1. The highest BCUT2D eigenvalue weighted by atomic mass is 16.5. The van der Waals surface area contributed by atoms with Gasteiger partial charge in [0.25, 0.3) is 11.5 Å². The molecule has 1 rings (SSSR count). The zero-order valence-electron chi connectivity index (χ0n) is 14.1. The average Bonchev–Trinajstić information content (AvgIpc) is 2.52. The number of aromatic amines is 1. The molecule has 0 spiro atoms. The highest BCUT2D eigenvalue weighted by Gasteiger charge is 2.18. The van der Waals surface area contributed by atoms with Crippen LogP contribution in [-0.2, 0) is 20.7 Å². The van der Waals surface area contributed by atoms with Crippen LogP contribution in [-0.4, -0.2) is 29.5 Å². The van der Waals surface area contributed by atoms with Gasteiger partial charge in [-0.1, -0.05) is 6.08 Å². The lowest BCUT2D eigenvalue weighted by molar-refractivity contribution is -0.154. The number of nitrogens with one attached hydrogen (secondary N) is 2. The number of aromatic nitrogens is 1. The summed E-state index contributed by atoms with van der Waals surface area (Å²) in [4.78, 5) is 37.8. The molecule has 0 saturated carbocycles. The van der Waals surface area contributed by atoms with E-state index < -0.39 is 23.5 Å². The lowest BCUT2D eigenvalue weighted by Gasteiger charge is -2.14. The Balaban J connectivity index is 2.72. The van der Waals surface area contributed by atoms with Crippen molar-refractivity contribution in [2.24, 2.45) is 0 Å². The van der Waals surface area contributed by atoms with Gasteiger partial charge in [0, 0.05) is 18.7 Å². The Bertz CT molecular complexity index is 743. The Morgan fingerprint density at radius 3 is 2.71 bits per heavy atom. The van der Waals surface area contributed by atoms with Crippen molar-refractivity contribution in [1.29, 1.82) is 5.26 Å². The number of amides is 1. The molecule has 0 aliphatic rings. The summed E-state index contributed by atoms with van der Waals surface area (Å²) in [5, 5.41) is 11.6. The molecule has 0 radical (unpaired) electrons. The summed E-state index contributed by atoms with van der Waals surface area (Å²) < 4.78 is 5.07. The third-order valence-corrected chi connectivity index (χ3v) is 3.60. The van der Waals surface area contributed by atoms with Gasteiger partial charge in [-0.3, -0.25) is 14.4 Å². The Kier molecular flexibility index (Phi) is 6.93. The van der Waals surface area contributed by atoms with Crippen LogP contribution in [0.15, 0.2) is 17.4 Å². The summed E-state index contributed by atoms with van der Waals surface area (Å²) in [6.07, 6.45) is 0.978. The number of H-pyrrole nitrogens is 1. The fraction of sp³-hybridized carbons (Fsp3) is 0.412. The molecule has 0 aliphatic heterocycles. The maximum atomic E-state index is 11.9. The van der Waals surface area contributed by atoms with Crippen molar-refractivity contribution in [2.75, 3.05) is 6.54 Å². The van der Waals surface area contributed by atoms with Gasteiger partial charge < -0.3 is 15.0 Å².